The zero-order valence-electron chi connectivity index (χ0n) is 24.9. The van der Waals surface area contributed by atoms with Crippen molar-refractivity contribution in [1.82, 2.24) is 19.9 Å². The Morgan fingerprint density at radius 2 is 1.62 bits per heavy atom. The van der Waals surface area contributed by atoms with Crippen molar-refractivity contribution in [3.05, 3.63) is 89.0 Å². The topological polar surface area (TPSA) is 129 Å². The Labute approximate surface area is 268 Å². The number of amides is 1. The molecule has 2 aliphatic rings. The third-order valence-electron chi connectivity index (χ3n) is 8.24. The Kier molecular flexibility index (Phi) is 8.13. The van der Waals surface area contributed by atoms with Crippen LogP contribution >= 0.6 is 0 Å². The van der Waals surface area contributed by atoms with Gasteiger partial charge in [0, 0.05) is 29.8 Å². The van der Waals surface area contributed by atoms with E-state index >= 15 is 0 Å². The van der Waals surface area contributed by atoms with Gasteiger partial charge in [-0.25, -0.2) is 19.6 Å². The van der Waals surface area contributed by atoms with E-state index < -0.39 is 53.3 Å². The van der Waals surface area contributed by atoms with Gasteiger partial charge in [0.15, 0.2) is 5.69 Å². The summed E-state index contributed by atoms with van der Waals surface area (Å²) in [5, 5.41) is 20.1. The van der Waals surface area contributed by atoms with Crippen LogP contribution in [0.2, 0.25) is 0 Å². The van der Waals surface area contributed by atoms with Gasteiger partial charge in [0.2, 0.25) is 0 Å². The fraction of sp³-hybridized carbons (Fsp3) is 0.281. The third-order valence-corrected chi connectivity index (χ3v) is 8.24. The van der Waals surface area contributed by atoms with Gasteiger partial charge in [0.05, 0.1) is 47.5 Å². The summed E-state index contributed by atoms with van der Waals surface area (Å²) >= 11 is 0. The van der Waals surface area contributed by atoms with E-state index in [9.17, 15) is 41.0 Å². The van der Waals surface area contributed by atoms with Crippen LogP contribution in [0.5, 0.6) is 5.75 Å². The first-order chi connectivity index (χ1) is 22.6. The van der Waals surface area contributed by atoms with Crippen molar-refractivity contribution in [2.45, 2.75) is 44.4 Å². The number of cyclic esters (lactones) is 1. The number of benzene rings is 2. The van der Waals surface area contributed by atoms with Crippen LogP contribution in [0, 0.1) is 0 Å². The number of carbonyl (C=O) groups is 2. The second-order valence-electron chi connectivity index (χ2n) is 11.3. The molecule has 10 nitrogen and oxygen atoms in total. The van der Waals surface area contributed by atoms with Crippen LogP contribution in [-0.4, -0.2) is 61.3 Å². The average Bonchev–Trinajstić information content (AvgIpc) is 3.28. The minimum Gasteiger partial charge on any atom is -0.507 e. The minimum atomic E-state index is -5.09. The van der Waals surface area contributed by atoms with Crippen LogP contribution < -0.4 is 4.90 Å². The first-order valence-corrected chi connectivity index (χ1v) is 14.5. The molecule has 48 heavy (non-hydrogen) atoms. The smallest absolute Gasteiger partial charge is 0.416 e. The average molecular weight is 674 g/mol. The number of rotatable bonds is 7. The summed E-state index contributed by atoms with van der Waals surface area (Å²) in [7, 11) is 0. The molecule has 4 heterocycles. The number of anilines is 1. The quantitative estimate of drug-likeness (QED) is 0.201. The van der Waals surface area contributed by atoms with Gasteiger partial charge in [-0.15, -0.1) is 0 Å². The molecule has 0 bridgehead atoms. The molecule has 1 amide bonds. The lowest BCUT2D eigenvalue weighted by Gasteiger charge is -2.33. The van der Waals surface area contributed by atoms with Crippen molar-refractivity contribution < 1.29 is 50.9 Å². The summed E-state index contributed by atoms with van der Waals surface area (Å²) < 4.78 is 86.8. The van der Waals surface area contributed by atoms with E-state index in [1.165, 1.54) is 19.2 Å². The first-order valence-electron chi connectivity index (χ1n) is 14.5. The normalized spacial score (nSPS) is 18.1. The highest BCUT2D eigenvalue weighted by Gasteiger charge is 2.43. The van der Waals surface area contributed by atoms with Gasteiger partial charge >= 0.3 is 24.4 Å². The number of pyridine rings is 1. The molecule has 4 aromatic rings. The van der Waals surface area contributed by atoms with Gasteiger partial charge in [-0.3, -0.25) is 9.88 Å². The standard InChI is InChI=1S/C32H25F6N5O5/c1-16-28(18-9-19(31(33,34)35)12-20(10-18)32(36,37)38)48-30(47)43(16)15-25-21(4-6-27(41-25)42-7-2-8-42)22-11-17(3-5-26(22)44)23-13-40-24(14-39-23)29(45)46/h3-6,9-14,16,28,44H,2,7-8,15H2,1H3,(H,45,46)/t16-,28-/m0/s1. The second kappa shape index (κ2) is 12.0. The number of aromatic hydroxyl groups is 1. The van der Waals surface area contributed by atoms with E-state index in [4.69, 9.17) is 14.8 Å². The number of phenols is 1. The molecule has 0 aliphatic carbocycles. The molecular formula is C32H25F6N5O5. The minimum absolute atomic E-state index is 0.00682. The number of carbonyl (C=O) groups excluding carboxylic acids is 1. The lowest BCUT2D eigenvalue weighted by Crippen LogP contribution is -2.38. The van der Waals surface area contributed by atoms with Crippen molar-refractivity contribution in [2.24, 2.45) is 0 Å². The number of halogens is 6. The van der Waals surface area contributed by atoms with Gasteiger partial charge in [-0.1, -0.05) is 0 Å². The molecule has 2 N–H and O–H groups in total. The van der Waals surface area contributed by atoms with E-state index in [0.29, 0.717) is 34.8 Å². The molecule has 6 rings (SSSR count). The maximum atomic E-state index is 13.6. The van der Waals surface area contributed by atoms with E-state index in [1.54, 1.807) is 24.3 Å². The molecular weight excluding hydrogens is 648 g/mol. The zero-order valence-corrected chi connectivity index (χ0v) is 24.9. The Morgan fingerprint density at radius 1 is 0.938 bits per heavy atom. The molecule has 16 heteroatoms. The molecule has 250 valence electrons. The second-order valence-corrected chi connectivity index (χ2v) is 11.3. The van der Waals surface area contributed by atoms with Crippen molar-refractivity contribution >= 4 is 17.9 Å². The van der Waals surface area contributed by atoms with Crippen LogP contribution in [0.3, 0.4) is 0 Å². The van der Waals surface area contributed by atoms with Crippen LogP contribution in [-0.2, 0) is 23.6 Å². The lowest BCUT2D eigenvalue weighted by atomic mass is 9.96. The van der Waals surface area contributed by atoms with E-state index in [1.807, 2.05) is 4.90 Å². The Hall–Kier alpha value is -5.41. The molecule has 0 unspecified atom stereocenters. The summed E-state index contributed by atoms with van der Waals surface area (Å²) in [6, 6.07) is 7.97. The monoisotopic (exact) mass is 673 g/mol. The predicted molar refractivity (Wildman–Crippen MR) is 157 cm³/mol. The van der Waals surface area contributed by atoms with Crippen LogP contribution in [0.4, 0.5) is 37.0 Å². The van der Waals surface area contributed by atoms with Gasteiger partial charge in [-0.2, -0.15) is 26.3 Å². The summed E-state index contributed by atoms with van der Waals surface area (Å²) in [6.45, 7) is 2.62. The number of hydrogen-bond donors (Lipinski definition) is 2. The maximum absolute atomic E-state index is 13.6. The number of nitrogens with zero attached hydrogens (tertiary/aromatic N) is 5. The summed E-state index contributed by atoms with van der Waals surface area (Å²) in [5.41, 5.74) is -2.14. The highest BCUT2D eigenvalue weighted by atomic mass is 19.4. The van der Waals surface area contributed by atoms with Gasteiger partial charge in [0.25, 0.3) is 0 Å². The number of carboxylic acid groups (broad SMARTS) is 1. The van der Waals surface area contributed by atoms with Crippen LogP contribution in [0.25, 0.3) is 22.4 Å². The zero-order chi connectivity index (χ0) is 34.5. The maximum Gasteiger partial charge on any atom is 0.416 e. The predicted octanol–water partition coefficient (Wildman–Crippen LogP) is 6.94. The number of ether oxygens (including phenoxy) is 1. The largest absolute Gasteiger partial charge is 0.507 e. The summed E-state index contributed by atoms with van der Waals surface area (Å²) in [6.07, 6.45) is -9.35. The Morgan fingerprint density at radius 3 is 2.19 bits per heavy atom. The number of phenolic OH excluding ortho intramolecular Hbond substituents is 1. The fourth-order valence-corrected chi connectivity index (χ4v) is 5.54. The molecule has 2 saturated heterocycles. The number of aromatic nitrogens is 3. The first kappa shape index (κ1) is 32.5. The highest BCUT2D eigenvalue weighted by Crippen LogP contribution is 2.42. The molecule has 2 fully saturated rings. The van der Waals surface area contributed by atoms with Crippen molar-refractivity contribution in [2.75, 3.05) is 18.0 Å². The summed E-state index contributed by atoms with van der Waals surface area (Å²) in [5.74, 6) is -0.869. The van der Waals surface area contributed by atoms with Crippen molar-refractivity contribution in [3.8, 4) is 28.1 Å². The molecule has 0 saturated carbocycles. The molecule has 2 aromatic heterocycles. The van der Waals surface area contributed by atoms with Gasteiger partial charge < -0.3 is 19.8 Å². The number of aromatic carboxylic acids is 1. The fourth-order valence-electron chi connectivity index (χ4n) is 5.54. The summed E-state index contributed by atoms with van der Waals surface area (Å²) in [4.78, 5) is 40.2. The van der Waals surface area contributed by atoms with E-state index in [-0.39, 0.29) is 35.3 Å². The number of carboxylic acids is 1. The van der Waals surface area contributed by atoms with Crippen LogP contribution in [0.1, 0.15) is 52.3 Å². The molecule has 0 spiro atoms. The molecule has 2 aromatic carbocycles. The lowest BCUT2D eigenvalue weighted by molar-refractivity contribution is -0.143. The van der Waals surface area contributed by atoms with Crippen molar-refractivity contribution in [3.63, 3.8) is 0 Å². The van der Waals surface area contributed by atoms with Gasteiger partial charge in [-0.05, 0) is 67.4 Å². The number of alkyl halides is 6. The van der Waals surface area contributed by atoms with Crippen LogP contribution in [0.15, 0.2) is 60.9 Å². The molecule has 2 aliphatic heterocycles. The van der Waals surface area contributed by atoms with Gasteiger partial charge in [0.1, 0.15) is 17.7 Å². The Balaban J connectivity index is 1.37. The Bertz CT molecular complexity index is 1860. The number of hydrogen-bond acceptors (Lipinski definition) is 8. The highest BCUT2D eigenvalue weighted by molar-refractivity contribution is 5.85. The SMILES string of the molecule is C[C@H]1[C@@H](c2cc(C(F)(F)F)cc(C(F)(F)F)c2)OC(=O)N1Cc1nc(N2CCC2)ccc1-c1cc(-c2cnc(C(=O)O)cn2)ccc1O. The molecule has 2 atom stereocenters. The van der Waals surface area contributed by atoms with E-state index in [0.717, 1.165) is 30.6 Å². The van der Waals surface area contributed by atoms with E-state index in [2.05, 4.69) is 9.97 Å². The third kappa shape index (κ3) is 6.29. The molecule has 0 radical (unpaired) electrons. The van der Waals surface area contributed by atoms with Crippen molar-refractivity contribution in [1.29, 1.82) is 0 Å².